The number of ether oxygens (including phenoxy) is 2. The van der Waals surface area contributed by atoms with E-state index in [4.69, 9.17) is 15.2 Å². The van der Waals surface area contributed by atoms with Crippen molar-refractivity contribution in [2.24, 2.45) is 5.73 Å². The zero-order chi connectivity index (χ0) is 14.3. The molecule has 1 heterocycles. The summed E-state index contributed by atoms with van der Waals surface area (Å²) in [5, 5.41) is 3.09. The third-order valence-corrected chi connectivity index (χ3v) is 4.39. The Kier molecular flexibility index (Phi) is 6.26. The molecule has 0 aromatic heterocycles. The van der Waals surface area contributed by atoms with E-state index in [1.165, 1.54) is 25.7 Å². The summed E-state index contributed by atoms with van der Waals surface area (Å²) in [4.78, 5) is 12.0. The molecule has 1 unspecified atom stereocenters. The molecule has 1 saturated heterocycles. The number of carbonyl (C=O) groups is 1. The largest absolute Gasteiger partial charge is 0.378 e. The Hall–Kier alpha value is -0.650. The molecule has 1 saturated carbocycles. The van der Waals surface area contributed by atoms with Gasteiger partial charge in [-0.15, -0.1) is 0 Å². The number of hydrogen-bond acceptors (Lipinski definition) is 4. The first-order valence-corrected chi connectivity index (χ1v) is 7.95. The van der Waals surface area contributed by atoms with Crippen LogP contribution in [0.15, 0.2) is 0 Å². The second kappa shape index (κ2) is 7.96. The molecule has 1 aliphatic carbocycles. The molecule has 2 fully saturated rings. The fourth-order valence-corrected chi connectivity index (χ4v) is 3.07. The molecule has 0 spiro atoms. The highest BCUT2D eigenvalue weighted by atomic mass is 16.5. The number of carbonyl (C=O) groups excluding carboxylic acids is 1. The molecule has 2 aliphatic rings. The van der Waals surface area contributed by atoms with Gasteiger partial charge in [-0.3, -0.25) is 4.79 Å². The van der Waals surface area contributed by atoms with Gasteiger partial charge in [-0.1, -0.05) is 25.7 Å². The fourth-order valence-electron chi connectivity index (χ4n) is 3.07. The number of rotatable bonds is 5. The molecule has 2 rings (SSSR count). The molecule has 116 valence electrons. The summed E-state index contributed by atoms with van der Waals surface area (Å²) in [6.45, 7) is 1.76. The quantitative estimate of drug-likeness (QED) is 0.747. The summed E-state index contributed by atoms with van der Waals surface area (Å²) >= 11 is 0. The Bertz CT molecular complexity index is 295. The number of nitrogens with one attached hydrogen (secondary N) is 1. The van der Waals surface area contributed by atoms with Crippen molar-refractivity contribution in [1.29, 1.82) is 0 Å². The van der Waals surface area contributed by atoms with Crippen LogP contribution in [0.1, 0.15) is 51.4 Å². The highest BCUT2D eigenvalue weighted by Crippen LogP contribution is 2.22. The van der Waals surface area contributed by atoms with Gasteiger partial charge < -0.3 is 20.5 Å². The van der Waals surface area contributed by atoms with Gasteiger partial charge in [-0.05, 0) is 25.7 Å². The van der Waals surface area contributed by atoms with Crippen molar-refractivity contribution in [2.75, 3.05) is 26.4 Å². The second-order valence-electron chi connectivity index (χ2n) is 6.09. The average Bonchev–Trinajstić information content (AvgIpc) is 2.75. The first-order valence-electron chi connectivity index (χ1n) is 7.95. The smallest absolute Gasteiger partial charge is 0.246 e. The van der Waals surface area contributed by atoms with Gasteiger partial charge in [0.2, 0.25) is 5.91 Å². The van der Waals surface area contributed by atoms with Crippen LogP contribution in [0.3, 0.4) is 0 Å². The maximum Gasteiger partial charge on any atom is 0.246 e. The normalized spacial score (nSPS) is 28.9. The Balaban J connectivity index is 1.73. The van der Waals surface area contributed by atoms with Gasteiger partial charge in [0.1, 0.15) is 12.2 Å². The predicted octanol–water partition coefficient (Wildman–Crippen LogP) is 1.35. The summed E-state index contributed by atoms with van der Waals surface area (Å²) in [7, 11) is 0. The van der Waals surface area contributed by atoms with E-state index >= 15 is 0 Å². The Labute approximate surface area is 121 Å². The van der Waals surface area contributed by atoms with E-state index in [1.807, 2.05) is 0 Å². The molecule has 1 amide bonds. The SMILES string of the molecule is NCC1(OCC(=O)NC2CCCCCC2)CCCOC1. The first-order chi connectivity index (χ1) is 9.74. The van der Waals surface area contributed by atoms with Gasteiger partial charge >= 0.3 is 0 Å². The van der Waals surface area contributed by atoms with Crippen LogP contribution >= 0.6 is 0 Å². The van der Waals surface area contributed by atoms with Crippen LogP contribution in [0, 0.1) is 0 Å². The van der Waals surface area contributed by atoms with Crippen molar-refractivity contribution < 1.29 is 14.3 Å². The topological polar surface area (TPSA) is 73.6 Å². The molecule has 5 nitrogen and oxygen atoms in total. The highest BCUT2D eigenvalue weighted by Gasteiger charge is 2.33. The lowest BCUT2D eigenvalue weighted by molar-refractivity contribution is -0.147. The zero-order valence-corrected chi connectivity index (χ0v) is 12.4. The summed E-state index contributed by atoms with van der Waals surface area (Å²) in [6, 6.07) is 0.324. The van der Waals surface area contributed by atoms with Crippen LogP contribution in [-0.4, -0.2) is 43.9 Å². The van der Waals surface area contributed by atoms with Crippen molar-refractivity contribution >= 4 is 5.91 Å². The van der Waals surface area contributed by atoms with Crippen molar-refractivity contribution in [3.8, 4) is 0 Å². The lowest BCUT2D eigenvalue weighted by atomic mass is 9.96. The van der Waals surface area contributed by atoms with Crippen molar-refractivity contribution in [1.82, 2.24) is 5.32 Å². The average molecular weight is 284 g/mol. The molecular formula is C15H28N2O3. The van der Waals surface area contributed by atoms with Gasteiger partial charge in [0, 0.05) is 19.2 Å². The molecule has 0 bridgehead atoms. The number of amides is 1. The Morgan fingerprint density at radius 2 is 2.00 bits per heavy atom. The molecule has 0 aromatic rings. The number of nitrogens with two attached hydrogens (primary N) is 1. The summed E-state index contributed by atoms with van der Waals surface area (Å²) in [5.41, 5.74) is 5.33. The summed E-state index contributed by atoms with van der Waals surface area (Å²) in [5.74, 6) is -0.0182. The minimum atomic E-state index is -0.459. The van der Waals surface area contributed by atoms with E-state index in [2.05, 4.69) is 5.32 Å². The van der Waals surface area contributed by atoms with Gasteiger partial charge in [0.25, 0.3) is 0 Å². The first kappa shape index (κ1) is 15.7. The van der Waals surface area contributed by atoms with Crippen LogP contribution in [0.5, 0.6) is 0 Å². The van der Waals surface area contributed by atoms with Gasteiger partial charge in [-0.25, -0.2) is 0 Å². The zero-order valence-electron chi connectivity index (χ0n) is 12.4. The third kappa shape index (κ3) is 4.72. The van der Waals surface area contributed by atoms with Gasteiger partial charge in [0.05, 0.1) is 6.61 Å². The summed E-state index contributed by atoms with van der Waals surface area (Å²) < 4.78 is 11.2. The van der Waals surface area contributed by atoms with Gasteiger partial charge in [0.15, 0.2) is 0 Å². The van der Waals surface area contributed by atoms with Crippen LogP contribution in [0.4, 0.5) is 0 Å². The lowest BCUT2D eigenvalue weighted by Gasteiger charge is -2.35. The van der Waals surface area contributed by atoms with Crippen molar-refractivity contribution in [3.63, 3.8) is 0 Å². The molecule has 20 heavy (non-hydrogen) atoms. The monoisotopic (exact) mass is 284 g/mol. The Morgan fingerprint density at radius 3 is 2.60 bits per heavy atom. The fraction of sp³-hybridized carbons (Fsp3) is 0.933. The van der Waals surface area contributed by atoms with Crippen molar-refractivity contribution in [2.45, 2.75) is 63.0 Å². The molecule has 1 aliphatic heterocycles. The minimum Gasteiger partial charge on any atom is -0.378 e. The third-order valence-electron chi connectivity index (χ3n) is 4.39. The van der Waals surface area contributed by atoms with Crippen LogP contribution < -0.4 is 11.1 Å². The summed E-state index contributed by atoms with van der Waals surface area (Å²) in [6.07, 6.45) is 9.02. The maximum absolute atomic E-state index is 12.0. The van der Waals surface area contributed by atoms with Gasteiger partial charge in [-0.2, -0.15) is 0 Å². The standard InChI is InChI=1S/C15H28N2O3/c16-11-15(8-5-9-19-12-15)20-10-14(18)17-13-6-3-1-2-4-7-13/h13H,1-12,16H2,(H,17,18). The molecule has 5 heteroatoms. The highest BCUT2D eigenvalue weighted by molar-refractivity contribution is 5.77. The van der Waals surface area contributed by atoms with E-state index in [1.54, 1.807) is 0 Å². The van der Waals surface area contributed by atoms with E-state index < -0.39 is 5.60 Å². The van der Waals surface area contributed by atoms with Crippen LogP contribution in [0.25, 0.3) is 0 Å². The van der Waals surface area contributed by atoms with Crippen LogP contribution in [-0.2, 0) is 14.3 Å². The lowest BCUT2D eigenvalue weighted by Crippen LogP contribution is -2.50. The molecule has 1 atom stereocenters. The van der Waals surface area contributed by atoms with E-state index in [0.717, 1.165) is 32.3 Å². The molecule has 3 N–H and O–H groups in total. The maximum atomic E-state index is 12.0. The molecule has 0 radical (unpaired) electrons. The predicted molar refractivity (Wildman–Crippen MR) is 77.4 cm³/mol. The molecule has 0 aromatic carbocycles. The van der Waals surface area contributed by atoms with E-state index in [0.29, 0.717) is 19.2 Å². The van der Waals surface area contributed by atoms with Crippen molar-refractivity contribution in [3.05, 3.63) is 0 Å². The van der Waals surface area contributed by atoms with E-state index in [-0.39, 0.29) is 12.5 Å². The minimum absolute atomic E-state index is 0.0182. The van der Waals surface area contributed by atoms with E-state index in [9.17, 15) is 4.79 Å². The Morgan fingerprint density at radius 1 is 1.25 bits per heavy atom. The van der Waals surface area contributed by atoms with Crippen LogP contribution in [0.2, 0.25) is 0 Å². The molecular weight excluding hydrogens is 256 g/mol. The number of hydrogen-bond donors (Lipinski definition) is 2. The second-order valence-corrected chi connectivity index (χ2v) is 6.09.